The number of benzene rings is 1. The van der Waals surface area contributed by atoms with Crippen LogP contribution in [0.5, 0.6) is 0 Å². The van der Waals surface area contributed by atoms with Gasteiger partial charge in [-0.25, -0.2) is 9.18 Å². The van der Waals surface area contributed by atoms with E-state index in [9.17, 15) is 9.18 Å². The molecule has 0 aromatic heterocycles. The fourth-order valence-electron chi connectivity index (χ4n) is 1.92. The van der Waals surface area contributed by atoms with Gasteiger partial charge in [0.05, 0.1) is 6.61 Å². The van der Waals surface area contributed by atoms with Gasteiger partial charge in [0.25, 0.3) is 0 Å². The second-order valence-electron chi connectivity index (χ2n) is 6.27. The Balaban J connectivity index is 2.42. The first-order chi connectivity index (χ1) is 10.8. The van der Waals surface area contributed by atoms with Crippen LogP contribution in [-0.2, 0) is 16.0 Å². The van der Waals surface area contributed by atoms with Gasteiger partial charge < -0.3 is 19.7 Å². The van der Waals surface area contributed by atoms with Crippen LogP contribution < -0.4 is 5.32 Å². The van der Waals surface area contributed by atoms with Crippen LogP contribution in [0.3, 0.4) is 0 Å². The normalized spacial score (nSPS) is 11.3. The van der Waals surface area contributed by atoms with Gasteiger partial charge in [-0.05, 0) is 38.5 Å². The summed E-state index contributed by atoms with van der Waals surface area (Å²) in [5, 5.41) is 3.20. The minimum atomic E-state index is -0.530. The number of methoxy groups -OCH3 is 1. The summed E-state index contributed by atoms with van der Waals surface area (Å²) in [6.45, 7) is 8.04. The second-order valence-corrected chi connectivity index (χ2v) is 6.27. The Hall–Kier alpha value is -1.66. The molecular weight excluding hydrogens is 299 g/mol. The summed E-state index contributed by atoms with van der Waals surface area (Å²) in [7, 11) is 1.59. The van der Waals surface area contributed by atoms with Crippen molar-refractivity contribution in [3.63, 3.8) is 0 Å². The summed E-state index contributed by atoms with van der Waals surface area (Å²) >= 11 is 0. The summed E-state index contributed by atoms with van der Waals surface area (Å²) in [4.78, 5) is 13.7. The van der Waals surface area contributed by atoms with E-state index in [-0.39, 0.29) is 11.9 Å². The minimum absolute atomic E-state index is 0.250. The Kier molecular flexibility index (Phi) is 7.98. The van der Waals surface area contributed by atoms with E-state index in [1.165, 1.54) is 12.1 Å². The highest BCUT2D eigenvalue weighted by Gasteiger charge is 2.21. The van der Waals surface area contributed by atoms with Crippen LogP contribution in [0.25, 0.3) is 0 Å². The molecule has 1 aromatic carbocycles. The van der Waals surface area contributed by atoms with Gasteiger partial charge in [0.2, 0.25) is 0 Å². The molecular formula is C17H27FN2O3. The Morgan fingerprint density at radius 1 is 1.30 bits per heavy atom. The molecule has 0 aliphatic rings. The molecule has 130 valence electrons. The third-order valence-electron chi connectivity index (χ3n) is 2.99. The van der Waals surface area contributed by atoms with E-state index in [4.69, 9.17) is 9.47 Å². The Bertz CT molecular complexity index is 489. The monoisotopic (exact) mass is 326 g/mol. The molecule has 0 aliphatic heterocycles. The van der Waals surface area contributed by atoms with Crippen molar-refractivity contribution >= 4 is 6.09 Å². The maximum atomic E-state index is 13.1. The van der Waals surface area contributed by atoms with E-state index in [2.05, 4.69) is 5.32 Å². The molecule has 6 heteroatoms. The number of carbonyl (C=O) groups excluding carboxylic acids is 1. The molecule has 0 saturated heterocycles. The summed E-state index contributed by atoms with van der Waals surface area (Å²) in [6.07, 6.45) is -0.359. The first kappa shape index (κ1) is 19.4. The van der Waals surface area contributed by atoms with Crippen LogP contribution >= 0.6 is 0 Å². The number of carbonyl (C=O) groups is 1. The van der Waals surface area contributed by atoms with Crippen molar-refractivity contribution in [2.75, 3.05) is 33.4 Å². The fraction of sp³-hybridized carbons (Fsp3) is 0.588. The van der Waals surface area contributed by atoms with E-state index in [1.807, 2.05) is 26.8 Å². The van der Waals surface area contributed by atoms with Gasteiger partial charge in [0, 0.05) is 33.3 Å². The Morgan fingerprint density at radius 3 is 2.65 bits per heavy atom. The smallest absolute Gasteiger partial charge is 0.410 e. The first-order valence-corrected chi connectivity index (χ1v) is 7.74. The predicted octanol–water partition coefficient (Wildman–Crippen LogP) is 2.80. The van der Waals surface area contributed by atoms with Crippen LogP contribution in [0, 0.1) is 5.82 Å². The fourth-order valence-corrected chi connectivity index (χ4v) is 1.92. The lowest BCUT2D eigenvalue weighted by atomic mass is 10.2. The van der Waals surface area contributed by atoms with Gasteiger partial charge in [-0.3, -0.25) is 0 Å². The highest BCUT2D eigenvalue weighted by atomic mass is 19.1. The third-order valence-corrected chi connectivity index (χ3v) is 2.99. The summed E-state index contributed by atoms with van der Waals surface area (Å²) in [5.41, 5.74) is 0.336. The van der Waals surface area contributed by atoms with Gasteiger partial charge in [0.1, 0.15) is 11.4 Å². The lowest BCUT2D eigenvalue weighted by Gasteiger charge is -2.27. The van der Waals surface area contributed by atoms with Crippen LogP contribution in [0.1, 0.15) is 26.3 Å². The van der Waals surface area contributed by atoms with Crippen LogP contribution in [-0.4, -0.2) is 49.9 Å². The van der Waals surface area contributed by atoms with Gasteiger partial charge in [-0.15, -0.1) is 0 Å². The molecule has 0 heterocycles. The van der Waals surface area contributed by atoms with Crippen LogP contribution in [0.15, 0.2) is 24.3 Å². The third kappa shape index (κ3) is 8.52. The molecule has 0 unspecified atom stereocenters. The summed E-state index contributed by atoms with van der Waals surface area (Å²) < 4.78 is 23.5. The van der Waals surface area contributed by atoms with E-state index in [0.717, 1.165) is 5.56 Å². The number of nitrogens with one attached hydrogen (secondary N) is 1. The lowest BCUT2D eigenvalue weighted by molar-refractivity contribution is 0.0204. The van der Waals surface area contributed by atoms with E-state index in [1.54, 1.807) is 18.1 Å². The summed E-state index contributed by atoms with van der Waals surface area (Å²) in [5.74, 6) is -0.250. The average molecular weight is 326 g/mol. The highest BCUT2D eigenvalue weighted by molar-refractivity contribution is 5.68. The lowest BCUT2D eigenvalue weighted by Crippen LogP contribution is -2.42. The number of amides is 1. The zero-order chi connectivity index (χ0) is 17.3. The number of halogens is 1. The Labute approximate surface area is 137 Å². The zero-order valence-corrected chi connectivity index (χ0v) is 14.4. The molecule has 0 radical (unpaired) electrons. The molecule has 1 aromatic rings. The molecule has 1 rings (SSSR count). The molecule has 23 heavy (non-hydrogen) atoms. The number of hydrogen-bond donors (Lipinski definition) is 1. The van der Waals surface area contributed by atoms with Crippen molar-refractivity contribution in [2.24, 2.45) is 0 Å². The topological polar surface area (TPSA) is 50.8 Å². The van der Waals surface area contributed by atoms with Crippen molar-refractivity contribution in [3.05, 3.63) is 35.6 Å². The van der Waals surface area contributed by atoms with Crippen LogP contribution in [0.4, 0.5) is 9.18 Å². The highest BCUT2D eigenvalue weighted by Crippen LogP contribution is 2.09. The molecule has 0 aliphatic carbocycles. The molecule has 0 fully saturated rings. The predicted molar refractivity (Wildman–Crippen MR) is 87.8 cm³/mol. The molecule has 5 nitrogen and oxygen atoms in total. The van der Waals surface area contributed by atoms with Crippen molar-refractivity contribution in [3.8, 4) is 0 Å². The van der Waals surface area contributed by atoms with E-state index < -0.39 is 5.60 Å². The zero-order valence-electron chi connectivity index (χ0n) is 14.4. The molecule has 0 saturated carbocycles. The quantitative estimate of drug-likeness (QED) is 0.746. The van der Waals surface area contributed by atoms with Gasteiger partial charge in [-0.1, -0.05) is 12.1 Å². The number of ether oxygens (including phenoxy) is 2. The second kappa shape index (κ2) is 9.47. The Morgan fingerprint density at radius 2 is 2.04 bits per heavy atom. The summed E-state index contributed by atoms with van der Waals surface area (Å²) in [6, 6.07) is 6.44. The van der Waals surface area contributed by atoms with Crippen LogP contribution in [0.2, 0.25) is 0 Å². The maximum Gasteiger partial charge on any atom is 0.410 e. The van der Waals surface area contributed by atoms with Crippen molar-refractivity contribution < 1.29 is 18.7 Å². The number of hydrogen-bond acceptors (Lipinski definition) is 4. The molecule has 0 atom stereocenters. The average Bonchev–Trinajstić information content (AvgIpc) is 2.44. The van der Waals surface area contributed by atoms with E-state index in [0.29, 0.717) is 32.8 Å². The minimum Gasteiger partial charge on any atom is -0.444 e. The number of nitrogens with zero attached hydrogens (tertiary/aromatic N) is 1. The first-order valence-electron chi connectivity index (χ1n) is 7.74. The van der Waals surface area contributed by atoms with Gasteiger partial charge >= 0.3 is 6.09 Å². The SMILES string of the molecule is COCCN(CCNCc1cccc(F)c1)C(=O)OC(C)(C)C. The van der Waals surface area contributed by atoms with Crippen molar-refractivity contribution in [1.29, 1.82) is 0 Å². The number of rotatable bonds is 8. The molecule has 1 N–H and O–H groups in total. The molecule has 1 amide bonds. The van der Waals surface area contributed by atoms with Crippen molar-refractivity contribution in [2.45, 2.75) is 32.9 Å². The largest absolute Gasteiger partial charge is 0.444 e. The van der Waals surface area contributed by atoms with Gasteiger partial charge in [-0.2, -0.15) is 0 Å². The standard InChI is InChI=1S/C17H27FN2O3/c1-17(2,3)23-16(21)20(10-11-22-4)9-8-19-13-14-6-5-7-15(18)12-14/h5-7,12,19H,8-11,13H2,1-4H3. The maximum absolute atomic E-state index is 13.1. The van der Waals surface area contributed by atoms with E-state index >= 15 is 0 Å². The molecule has 0 spiro atoms. The molecule has 0 bridgehead atoms. The van der Waals surface area contributed by atoms with Crippen molar-refractivity contribution in [1.82, 2.24) is 10.2 Å². The van der Waals surface area contributed by atoms with Gasteiger partial charge in [0.15, 0.2) is 0 Å².